The van der Waals surface area contributed by atoms with Crippen LogP contribution in [0.4, 0.5) is 10.1 Å². The van der Waals surface area contributed by atoms with Crippen molar-refractivity contribution in [2.75, 3.05) is 18.0 Å². The molecule has 1 nitrogen and oxygen atoms in total. The number of rotatable bonds is 1. The fraction of sp³-hybridized carbons (Fsp3) is 0.600. The minimum atomic E-state index is -0.148. The van der Waals surface area contributed by atoms with E-state index in [-0.39, 0.29) is 5.82 Å². The summed E-state index contributed by atoms with van der Waals surface area (Å²) in [4.78, 5) is 2.40. The van der Waals surface area contributed by atoms with Crippen LogP contribution in [0.15, 0.2) is 24.3 Å². The summed E-state index contributed by atoms with van der Waals surface area (Å²) in [5, 5.41) is 0. The highest BCUT2D eigenvalue weighted by atomic mass is 19.1. The highest BCUT2D eigenvalue weighted by Crippen LogP contribution is 2.60. The van der Waals surface area contributed by atoms with Crippen LogP contribution in [0.5, 0.6) is 0 Å². The van der Waals surface area contributed by atoms with Gasteiger partial charge in [0.2, 0.25) is 0 Å². The first-order chi connectivity index (χ1) is 7.97. The topological polar surface area (TPSA) is 3.24 Å². The molecule has 0 bridgehead atoms. The molecule has 2 heteroatoms. The van der Waals surface area contributed by atoms with E-state index in [1.165, 1.54) is 5.69 Å². The van der Waals surface area contributed by atoms with Gasteiger partial charge in [0.05, 0.1) is 0 Å². The van der Waals surface area contributed by atoms with E-state index in [1.807, 2.05) is 12.1 Å². The van der Waals surface area contributed by atoms with Gasteiger partial charge >= 0.3 is 0 Å². The number of piperidine rings is 1. The molecule has 1 aromatic carbocycles. The fourth-order valence-electron chi connectivity index (χ4n) is 3.67. The third kappa shape index (κ3) is 1.84. The molecule has 2 unspecified atom stereocenters. The van der Waals surface area contributed by atoms with Crippen LogP contribution < -0.4 is 4.90 Å². The molecule has 2 fully saturated rings. The Labute approximate surface area is 103 Å². The Morgan fingerprint density at radius 3 is 2.06 bits per heavy atom. The number of nitrogens with zero attached hydrogens (tertiary/aromatic N) is 1. The monoisotopic (exact) mass is 233 g/mol. The van der Waals surface area contributed by atoms with Crippen molar-refractivity contribution < 1.29 is 4.39 Å². The third-order valence-corrected chi connectivity index (χ3v) is 4.39. The van der Waals surface area contributed by atoms with Gasteiger partial charge in [0, 0.05) is 18.8 Å². The maximum atomic E-state index is 12.9. The molecule has 0 N–H and O–H groups in total. The predicted molar refractivity (Wildman–Crippen MR) is 68.5 cm³/mol. The highest BCUT2D eigenvalue weighted by molar-refractivity contribution is 5.49. The number of fused-ring (bicyclic) bond motifs is 1. The summed E-state index contributed by atoms with van der Waals surface area (Å²) >= 11 is 0. The zero-order chi connectivity index (χ0) is 12.2. The predicted octanol–water partition coefficient (Wildman–Crippen LogP) is 3.55. The van der Waals surface area contributed by atoms with E-state index in [9.17, 15) is 4.39 Å². The summed E-state index contributed by atoms with van der Waals surface area (Å²) in [6.07, 6.45) is 0. The maximum absolute atomic E-state index is 12.9. The summed E-state index contributed by atoms with van der Waals surface area (Å²) in [7, 11) is 0. The Morgan fingerprint density at radius 1 is 1.06 bits per heavy atom. The van der Waals surface area contributed by atoms with Gasteiger partial charge in [-0.25, -0.2) is 4.39 Å². The number of halogens is 1. The quantitative estimate of drug-likeness (QED) is 0.717. The zero-order valence-corrected chi connectivity index (χ0v) is 10.8. The number of anilines is 1. The summed E-state index contributed by atoms with van der Waals surface area (Å²) < 4.78 is 12.9. The minimum absolute atomic E-state index is 0.148. The fourth-order valence-corrected chi connectivity index (χ4v) is 3.67. The molecule has 1 heterocycles. The Bertz CT molecular complexity index is 406. The second-order valence-corrected chi connectivity index (χ2v) is 6.60. The smallest absolute Gasteiger partial charge is 0.123 e. The van der Waals surface area contributed by atoms with Crippen LogP contribution >= 0.6 is 0 Å². The Balaban J connectivity index is 1.67. The van der Waals surface area contributed by atoms with Gasteiger partial charge in [-0.05, 0) is 47.4 Å². The molecule has 1 aliphatic heterocycles. The molecule has 17 heavy (non-hydrogen) atoms. The SMILES string of the molecule is CC(C)(C)C1C2CN(c3ccc(F)cc3)CC21. The first-order valence-corrected chi connectivity index (χ1v) is 6.47. The lowest BCUT2D eigenvalue weighted by molar-refractivity contribution is 0.309. The van der Waals surface area contributed by atoms with E-state index in [0.29, 0.717) is 5.41 Å². The second-order valence-electron chi connectivity index (χ2n) is 6.60. The van der Waals surface area contributed by atoms with Gasteiger partial charge in [0.25, 0.3) is 0 Å². The molecule has 2 atom stereocenters. The van der Waals surface area contributed by atoms with Crippen LogP contribution in [0.25, 0.3) is 0 Å². The molecule has 0 aromatic heterocycles. The van der Waals surface area contributed by atoms with Crippen molar-refractivity contribution in [2.24, 2.45) is 23.2 Å². The molecule has 92 valence electrons. The average Bonchev–Trinajstić information content (AvgIpc) is 2.78. The molecule has 1 aliphatic carbocycles. The molecule has 1 saturated carbocycles. The van der Waals surface area contributed by atoms with Gasteiger partial charge in [0.1, 0.15) is 5.82 Å². The molecule has 2 aliphatic rings. The number of benzene rings is 1. The Hall–Kier alpha value is -1.05. The van der Waals surface area contributed by atoms with E-state index >= 15 is 0 Å². The van der Waals surface area contributed by atoms with Gasteiger partial charge in [-0.15, -0.1) is 0 Å². The number of hydrogen-bond acceptors (Lipinski definition) is 1. The lowest BCUT2D eigenvalue weighted by atomic mass is 9.87. The van der Waals surface area contributed by atoms with Crippen LogP contribution in [0, 0.1) is 29.0 Å². The van der Waals surface area contributed by atoms with Gasteiger partial charge in [-0.3, -0.25) is 0 Å². The molecule has 0 spiro atoms. The molecule has 1 aromatic rings. The van der Waals surface area contributed by atoms with E-state index < -0.39 is 0 Å². The van der Waals surface area contributed by atoms with E-state index in [4.69, 9.17) is 0 Å². The summed E-state index contributed by atoms with van der Waals surface area (Å²) in [6, 6.07) is 6.90. The second kappa shape index (κ2) is 3.47. The molecular formula is C15H20FN. The van der Waals surface area contributed by atoms with E-state index in [1.54, 1.807) is 12.1 Å². The Kier molecular flexibility index (Phi) is 2.26. The van der Waals surface area contributed by atoms with E-state index in [2.05, 4.69) is 25.7 Å². The van der Waals surface area contributed by atoms with Crippen LogP contribution in [0.1, 0.15) is 20.8 Å². The normalized spacial score (nSPS) is 31.5. The van der Waals surface area contributed by atoms with Crippen LogP contribution in [0.3, 0.4) is 0 Å². The van der Waals surface area contributed by atoms with Crippen LogP contribution in [-0.2, 0) is 0 Å². The Morgan fingerprint density at radius 2 is 1.59 bits per heavy atom. The van der Waals surface area contributed by atoms with Crippen molar-refractivity contribution in [3.63, 3.8) is 0 Å². The molecule has 1 saturated heterocycles. The van der Waals surface area contributed by atoms with Gasteiger partial charge in [-0.2, -0.15) is 0 Å². The summed E-state index contributed by atoms with van der Waals surface area (Å²) in [5.41, 5.74) is 1.62. The summed E-state index contributed by atoms with van der Waals surface area (Å²) in [5.74, 6) is 2.46. The average molecular weight is 233 g/mol. The summed E-state index contributed by atoms with van der Waals surface area (Å²) in [6.45, 7) is 9.34. The molecular weight excluding hydrogens is 213 g/mol. The van der Waals surface area contributed by atoms with Crippen molar-refractivity contribution in [3.05, 3.63) is 30.1 Å². The van der Waals surface area contributed by atoms with Crippen LogP contribution in [-0.4, -0.2) is 13.1 Å². The third-order valence-electron chi connectivity index (χ3n) is 4.39. The van der Waals surface area contributed by atoms with Crippen molar-refractivity contribution in [3.8, 4) is 0 Å². The van der Waals surface area contributed by atoms with E-state index in [0.717, 1.165) is 30.8 Å². The van der Waals surface area contributed by atoms with Gasteiger partial charge < -0.3 is 4.90 Å². The van der Waals surface area contributed by atoms with Crippen molar-refractivity contribution in [1.82, 2.24) is 0 Å². The molecule has 0 amide bonds. The lowest BCUT2D eigenvalue weighted by Gasteiger charge is -2.27. The minimum Gasteiger partial charge on any atom is -0.371 e. The van der Waals surface area contributed by atoms with Gasteiger partial charge in [0.15, 0.2) is 0 Å². The molecule has 0 radical (unpaired) electrons. The standard InChI is InChI=1S/C15H20FN/c1-15(2,3)14-12-8-17(9-13(12)14)11-6-4-10(16)5-7-11/h4-7,12-14H,8-9H2,1-3H3. The zero-order valence-electron chi connectivity index (χ0n) is 10.8. The highest BCUT2D eigenvalue weighted by Gasteiger charge is 2.59. The number of hydrogen-bond donors (Lipinski definition) is 0. The van der Waals surface area contributed by atoms with Gasteiger partial charge in [-0.1, -0.05) is 20.8 Å². The molecule has 3 rings (SSSR count). The largest absolute Gasteiger partial charge is 0.371 e. The van der Waals surface area contributed by atoms with Crippen molar-refractivity contribution in [2.45, 2.75) is 20.8 Å². The van der Waals surface area contributed by atoms with Crippen LogP contribution in [0.2, 0.25) is 0 Å². The van der Waals surface area contributed by atoms with Crippen molar-refractivity contribution in [1.29, 1.82) is 0 Å². The lowest BCUT2D eigenvalue weighted by Crippen LogP contribution is -2.27. The van der Waals surface area contributed by atoms with Crippen molar-refractivity contribution >= 4 is 5.69 Å². The first-order valence-electron chi connectivity index (χ1n) is 6.47. The maximum Gasteiger partial charge on any atom is 0.123 e. The first kappa shape index (κ1) is 11.1.